The van der Waals surface area contributed by atoms with E-state index in [0.29, 0.717) is 11.5 Å². The number of thioether (sulfide) groups is 1. The molecule has 276 valence electrons. The highest BCUT2D eigenvalue weighted by molar-refractivity contribution is 8.14. The number of nitrogens with zero attached hydrogens (tertiary/aromatic N) is 5. The lowest BCUT2D eigenvalue weighted by atomic mass is 9.80. The molecule has 0 radical (unpaired) electrons. The van der Waals surface area contributed by atoms with E-state index in [1.807, 2.05) is 78.9 Å². The zero-order chi connectivity index (χ0) is 37.7. The molecule has 0 aliphatic carbocycles. The van der Waals surface area contributed by atoms with E-state index in [-0.39, 0.29) is 28.8 Å². The lowest BCUT2D eigenvalue weighted by Gasteiger charge is -2.37. The number of methoxy groups -OCH3 is 2. The predicted molar refractivity (Wildman–Crippen MR) is 200 cm³/mol. The summed E-state index contributed by atoms with van der Waals surface area (Å²) in [4.78, 5) is 55.8. The van der Waals surface area contributed by atoms with Crippen molar-refractivity contribution < 1.29 is 33.3 Å². The number of hydrogen-bond donors (Lipinski definition) is 1. The van der Waals surface area contributed by atoms with E-state index < -0.39 is 40.8 Å². The summed E-state index contributed by atoms with van der Waals surface area (Å²) < 4.78 is 32.2. The van der Waals surface area contributed by atoms with Gasteiger partial charge in [0, 0.05) is 27.9 Å². The molecule has 14 nitrogen and oxygen atoms in total. The highest BCUT2D eigenvalue weighted by atomic mass is 32.2. The Labute approximate surface area is 310 Å². The maximum Gasteiger partial charge on any atom is 0.303 e. The summed E-state index contributed by atoms with van der Waals surface area (Å²) in [5, 5.41) is -0.946. The second kappa shape index (κ2) is 16.0. The topological polar surface area (TPSA) is 159 Å². The van der Waals surface area contributed by atoms with Gasteiger partial charge in [0.05, 0.1) is 44.8 Å². The highest BCUT2D eigenvalue weighted by Crippen LogP contribution is 2.45. The van der Waals surface area contributed by atoms with Gasteiger partial charge in [-0.05, 0) is 41.0 Å². The Morgan fingerprint density at radius 2 is 1.57 bits per heavy atom. The van der Waals surface area contributed by atoms with Gasteiger partial charge in [-0.15, -0.1) is 0 Å². The van der Waals surface area contributed by atoms with E-state index in [1.165, 1.54) is 31.1 Å². The number of aromatic amines is 1. The van der Waals surface area contributed by atoms with E-state index in [4.69, 9.17) is 23.7 Å². The van der Waals surface area contributed by atoms with Crippen molar-refractivity contribution in [3.05, 3.63) is 112 Å². The molecule has 5 aromatic rings. The van der Waals surface area contributed by atoms with Crippen molar-refractivity contribution in [2.75, 3.05) is 34.9 Å². The summed E-state index contributed by atoms with van der Waals surface area (Å²) in [5.41, 5.74) is 0.911. The third-order valence-corrected chi connectivity index (χ3v) is 9.81. The van der Waals surface area contributed by atoms with E-state index >= 15 is 0 Å². The predicted octanol–water partition coefficient (Wildman–Crippen LogP) is 4.84. The van der Waals surface area contributed by atoms with Crippen LogP contribution in [0.1, 0.15) is 36.8 Å². The Hall–Kier alpha value is -5.51. The van der Waals surface area contributed by atoms with Crippen LogP contribution in [0.2, 0.25) is 0 Å². The Morgan fingerprint density at radius 1 is 0.962 bits per heavy atom. The van der Waals surface area contributed by atoms with Crippen LogP contribution in [0.15, 0.2) is 95.0 Å². The molecule has 1 saturated heterocycles. The number of rotatable bonds is 13. The van der Waals surface area contributed by atoms with Gasteiger partial charge < -0.3 is 28.6 Å². The number of H-pyrrole nitrogens is 1. The van der Waals surface area contributed by atoms with Crippen LogP contribution in [-0.4, -0.2) is 94.2 Å². The molecular formula is C38H40N6O8S. The molecule has 0 unspecified atom stereocenters. The number of aromatic nitrogens is 4. The fourth-order valence-electron chi connectivity index (χ4n) is 6.33. The standard InChI is InChI=1S/C38H40N6O8S/c1-23(45)51-32-33(53-24(2)46)30(52-36(32)44-22-39-31-34(44)41-37(42-35(31)47)40-21-43(3)4)20-50-38(25-10-8-7-9-11-25,26-12-16-28(48-5)17-13-26)27-14-18-29(49-6)19-15-27/h7-19,21-22,30,32-33,36H,20H2,1-6H3,(H,41,42,47)/b40-21+/t30-,32-,33-,36-/m1/s1. The maximum absolute atomic E-state index is 13.0. The number of esters is 1. The molecule has 1 N–H and O–H groups in total. The Morgan fingerprint density at radius 3 is 2.11 bits per heavy atom. The fraction of sp³-hybridized carbons (Fsp3) is 0.316. The molecule has 6 rings (SSSR count). The third-order valence-electron chi connectivity index (χ3n) is 8.63. The fourth-order valence-corrected chi connectivity index (χ4v) is 7.33. The first kappa shape index (κ1) is 37.3. The monoisotopic (exact) mass is 740 g/mol. The molecule has 0 spiro atoms. The number of hydrogen-bond acceptors (Lipinski definition) is 12. The molecule has 2 aromatic heterocycles. The van der Waals surface area contributed by atoms with Crippen LogP contribution in [0.25, 0.3) is 11.2 Å². The van der Waals surface area contributed by atoms with Gasteiger partial charge in [0.15, 0.2) is 28.6 Å². The van der Waals surface area contributed by atoms with Crippen LogP contribution >= 0.6 is 11.8 Å². The van der Waals surface area contributed by atoms with Crippen molar-refractivity contribution in [3.63, 3.8) is 0 Å². The average molecular weight is 741 g/mol. The molecular weight excluding hydrogens is 701 g/mol. The first-order chi connectivity index (χ1) is 25.5. The van der Waals surface area contributed by atoms with E-state index in [2.05, 4.69) is 19.9 Å². The molecule has 15 heteroatoms. The minimum absolute atomic E-state index is 0.0385. The Bertz CT molecular complexity index is 2090. The van der Waals surface area contributed by atoms with Gasteiger partial charge in [-0.3, -0.25) is 23.9 Å². The van der Waals surface area contributed by atoms with Gasteiger partial charge >= 0.3 is 5.97 Å². The van der Waals surface area contributed by atoms with Crippen molar-refractivity contribution in [1.29, 1.82) is 0 Å². The lowest BCUT2D eigenvalue weighted by molar-refractivity contribution is -0.152. The van der Waals surface area contributed by atoms with Crippen LogP contribution in [0.3, 0.4) is 0 Å². The minimum atomic E-state index is -1.19. The number of nitrogens with one attached hydrogen (secondary N) is 1. The molecule has 0 saturated carbocycles. The van der Waals surface area contributed by atoms with Crippen molar-refractivity contribution in [3.8, 4) is 11.5 Å². The van der Waals surface area contributed by atoms with Crippen LogP contribution in [0.5, 0.6) is 11.5 Å². The quantitative estimate of drug-likeness (QED) is 0.0759. The number of imidazole rings is 1. The molecule has 1 aliphatic heterocycles. The highest BCUT2D eigenvalue weighted by Gasteiger charge is 2.51. The normalized spacial score (nSPS) is 18.7. The largest absolute Gasteiger partial charge is 0.497 e. The first-order valence-electron chi connectivity index (χ1n) is 16.7. The van der Waals surface area contributed by atoms with Crippen LogP contribution in [-0.2, 0) is 29.4 Å². The van der Waals surface area contributed by atoms with Crippen LogP contribution in [0, 0.1) is 0 Å². The SMILES string of the molecule is COc1ccc(C(OC[C@H]2O[C@@H](n3cnc4c(=O)[nH]c(/N=C/N(C)C)nc43)[C@H](OC(C)=O)[C@@H]2SC(C)=O)(c2ccccc2)c2ccc(OC)cc2)cc1. The van der Waals surface area contributed by atoms with Crippen molar-refractivity contribution in [1.82, 2.24) is 24.4 Å². The zero-order valence-corrected chi connectivity index (χ0v) is 30.9. The first-order valence-corrected chi connectivity index (χ1v) is 17.6. The summed E-state index contributed by atoms with van der Waals surface area (Å²) in [6.07, 6.45) is 0.0342. The van der Waals surface area contributed by atoms with Crippen molar-refractivity contribution >= 4 is 46.3 Å². The Kier molecular flexibility index (Phi) is 11.3. The number of benzene rings is 3. The summed E-state index contributed by atoms with van der Waals surface area (Å²) in [7, 11) is 6.77. The number of carbonyl (C=O) groups is 2. The van der Waals surface area contributed by atoms with E-state index in [9.17, 15) is 14.4 Å². The van der Waals surface area contributed by atoms with Crippen LogP contribution < -0.4 is 15.0 Å². The number of fused-ring (bicyclic) bond motifs is 1. The molecule has 0 bridgehead atoms. The number of carbonyl (C=O) groups excluding carboxylic acids is 2. The summed E-state index contributed by atoms with van der Waals surface area (Å²) in [6.45, 7) is 2.66. The van der Waals surface area contributed by atoms with Gasteiger partial charge in [0.2, 0.25) is 5.95 Å². The minimum Gasteiger partial charge on any atom is -0.497 e. The molecule has 53 heavy (non-hydrogen) atoms. The Balaban J connectivity index is 1.47. The second-order valence-electron chi connectivity index (χ2n) is 12.5. The van der Waals surface area contributed by atoms with Crippen molar-refractivity contribution in [2.45, 2.75) is 43.1 Å². The molecule has 0 amide bonds. The molecule has 1 aliphatic rings. The molecule has 1 fully saturated rings. The maximum atomic E-state index is 13.0. The number of aliphatic imine (C=N–C) groups is 1. The third kappa shape index (κ3) is 7.82. The summed E-state index contributed by atoms with van der Waals surface area (Å²) in [6, 6.07) is 25.0. The summed E-state index contributed by atoms with van der Waals surface area (Å²) >= 11 is 0.987. The van der Waals surface area contributed by atoms with E-state index in [0.717, 1.165) is 28.5 Å². The van der Waals surface area contributed by atoms with Gasteiger partial charge in [-0.2, -0.15) is 4.98 Å². The smallest absolute Gasteiger partial charge is 0.303 e. The molecule has 4 atom stereocenters. The van der Waals surface area contributed by atoms with Gasteiger partial charge in [0.1, 0.15) is 17.1 Å². The molecule has 3 heterocycles. The van der Waals surface area contributed by atoms with Crippen molar-refractivity contribution in [2.24, 2.45) is 4.99 Å². The van der Waals surface area contributed by atoms with Gasteiger partial charge in [-0.25, -0.2) is 9.98 Å². The average Bonchev–Trinajstić information content (AvgIpc) is 3.72. The second-order valence-corrected chi connectivity index (χ2v) is 13.8. The lowest BCUT2D eigenvalue weighted by Crippen LogP contribution is -2.39. The van der Waals surface area contributed by atoms with Crippen LogP contribution in [0.4, 0.5) is 5.95 Å². The number of ether oxygens (including phenoxy) is 5. The van der Waals surface area contributed by atoms with Gasteiger partial charge in [0.25, 0.3) is 5.56 Å². The van der Waals surface area contributed by atoms with E-state index in [1.54, 1.807) is 33.2 Å². The van der Waals surface area contributed by atoms with Gasteiger partial charge in [-0.1, -0.05) is 66.4 Å². The zero-order valence-electron chi connectivity index (χ0n) is 30.1. The summed E-state index contributed by atoms with van der Waals surface area (Å²) in [5.74, 6) is 0.803. The molecule has 3 aromatic carbocycles.